The Labute approximate surface area is 113 Å². The van der Waals surface area contributed by atoms with Gasteiger partial charge in [-0.1, -0.05) is 29.3 Å². The van der Waals surface area contributed by atoms with Crippen LogP contribution in [0.4, 0.5) is 5.82 Å². The molecule has 1 aliphatic heterocycles. The highest BCUT2D eigenvalue weighted by Crippen LogP contribution is 2.39. The summed E-state index contributed by atoms with van der Waals surface area (Å²) in [6.45, 7) is 0. The van der Waals surface area contributed by atoms with Crippen molar-refractivity contribution in [2.24, 2.45) is 0 Å². The fraction of sp³-hybridized carbons (Fsp3) is 0.167. The zero-order valence-corrected chi connectivity index (χ0v) is 10.7. The molecule has 2 aromatic rings. The molecule has 0 radical (unpaired) electrons. The molecule has 4 nitrogen and oxygen atoms in total. The molecule has 18 heavy (non-hydrogen) atoms. The van der Waals surface area contributed by atoms with Gasteiger partial charge in [0, 0.05) is 27.9 Å². The van der Waals surface area contributed by atoms with Crippen LogP contribution in [0.1, 0.15) is 23.5 Å². The molecule has 0 saturated carbocycles. The highest BCUT2D eigenvalue weighted by Gasteiger charge is 2.29. The third kappa shape index (κ3) is 1.87. The van der Waals surface area contributed by atoms with Crippen molar-refractivity contribution in [3.8, 4) is 0 Å². The Bertz CT molecular complexity index is 624. The molecule has 6 heteroatoms. The number of anilines is 1. The number of aromatic amines is 1. The highest BCUT2D eigenvalue weighted by molar-refractivity contribution is 6.35. The lowest BCUT2D eigenvalue weighted by Crippen LogP contribution is -2.23. The standard InChI is InChI=1S/C12H9Cl2N3O/c13-6-1-2-7(10(14)3-6)8-4-11(18)16-12-9(8)5-15-17-12/h1-3,5,8H,4H2,(H2,15,16,17,18)/t8-/m0/s1. The molecule has 1 aromatic carbocycles. The van der Waals surface area contributed by atoms with Crippen LogP contribution in [0.5, 0.6) is 0 Å². The zero-order chi connectivity index (χ0) is 12.7. The smallest absolute Gasteiger partial charge is 0.226 e. The van der Waals surface area contributed by atoms with E-state index in [1.54, 1.807) is 18.3 Å². The summed E-state index contributed by atoms with van der Waals surface area (Å²) in [5, 5.41) is 10.6. The van der Waals surface area contributed by atoms with Crippen LogP contribution in [0.2, 0.25) is 10.0 Å². The second-order valence-corrected chi connectivity index (χ2v) is 5.01. The molecule has 0 bridgehead atoms. The van der Waals surface area contributed by atoms with E-state index in [-0.39, 0.29) is 11.8 Å². The number of benzene rings is 1. The highest BCUT2D eigenvalue weighted by atomic mass is 35.5. The molecule has 0 saturated heterocycles. The summed E-state index contributed by atoms with van der Waals surface area (Å²) >= 11 is 12.1. The van der Waals surface area contributed by atoms with Gasteiger partial charge in [-0.15, -0.1) is 0 Å². The van der Waals surface area contributed by atoms with Crippen molar-refractivity contribution in [3.05, 3.63) is 45.6 Å². The summed E-state index contributed by atoms with van der Waals surface area (Å²) in [4.78, 5) is 11.7. The Morgan fingerprint density at radius 1 is 1.28 bits per heavy atom. The van der Waals surface area contributed by atoms with Crippen LogP contribution in [0.15, 0.2) is 24.4 Å². The lowest BCUT2D eigenvalue weighted by molar-refractivity contribution is -0.116. The third-order valence-corrected chi connectivity index (χ3v) is 3.60. The van der Waals surface area contributed by atoms with Crippen LogP contribution < -0.4 is 5.32 Å². The minimum atomic E-state index is -0.0859. The van der Waals surface area contributed by atoms with Crippen LogP contribution in [0, 0.1) is 0 Å². The summed E-state index contributed by atoms with van der Waals surface area (Å²) in [6, 6.07) is 5.31. The van der Waals surface area contributed by atoms with E-state index in [0.717, 1.165) is 11.1 Å². The maximum Gasteiger partial charge on any atom is 0.226 e. The number of hydrogen-bond acceptors (Lipinski definition) is 2. The van der Waals surface area contributed by atoms with Gasteiger partial charge in [0.15, 0.2) is 0 Å². The summed E-state index contributed by atoms with van der Waals surface area (Å²) in [5.41, 5.74) is 1.83. The average Bonchev–Trinajstić information content (AvgIpc) is 2.76. The number of nitrogens with zero attached hydrogens (tertiary/aromatic N) is 1. The van der Waals surface area contributed by atoms with Crippen molar-refractivity contribution >= 4 is 34.9 Å². The van der Waals surface area contributed by atoms with Gasteiger partial charge in [-0.25, -0.2) is 0 Å². The Kier molecular flexibility index (Phi) is 2.76. The van der Waals surface area contributed by atoms with E-state index < -0.39 is 0 Å². The Morgan fingerprint density at radius 2 is 2.11 bits per heavy atom. The van der Waals surface area contributed by atoms with Gasteiger partial charge in [-0.05, 0) is 17.7 Å². The molecule has 1 aromatic heterocycles. The van der Waals surface area contributed by atoms with Crippen molar-refractivity contribution in [1.82, 2.24) is 10.2 Å². The van der Waals surface area contributed by atoms with Gasteiger partial charge in [-0.2, -0.15) is 5.10 Å². The van der Waals surface area contributed by atoms with Gasteiger partial charge in [0.25, 0.3) is 0 Å². The monoisotopic (exact) mass is 281 g/mol. The largest absolute Gasteiger partial charge is 0.311 e. The van der Waals surface area contributed by atoms with Crippen molar-refractivity contribution in [2.45, 2.75) is 12.3 Å². The fourth-order valence-electron chi connectivity index (χ4n) is 2.21. The van der Waals surface area contributed by atoms with Crippen LogP contribution in [0.25, 0.3) is 0 Å². The number of amides is 1. The van der Waals surface area contributed by atoms with Crippen molar-refractivity contribution in [3.63, 3.8) is 0 Å². The first-order valence-corrected chi connectivity index (χ1v) is 6.19. The topological polar surface area (TPSA) is 57.8 Å². The van der Waals surface area contributed by atoms with E-state index in [9.17, 15) is 4.79 Å². The van der Waals surface area contributed by atoms with Crippen molar-refractivity contribution in [2.75, 3.05) is 5.32 Å². The number of nitrogens with one attached hydrogen (secondary N) is 2. The zero-order valence-electron chi connectivity index (χ0n) is 9.21. The van der Waals surface area contributed by atoms with Gasteiger partial charge < -0.3 is 5.32 Å². The first-order chi connectivity index (χ1) is 8.65. The van der Waals surface area contributed by atoms with Gasteiger partial charge in [0.2, 0.25) is 5.91 Å². The molecular formula is C12H9Cl2N3O. The van der Waals surface area contributed by atoms with Gasteiger partial charge in [-0.3, -0.25) is 9.89 Å². The van der Waals surface area contributed by atoms with E-state index >= 15 is 0 Å². The molecule has 1 atom stereocenters. The number of fused-ring (bicyclic) bond motifs is 1. The van der Waals surface area contributed by atoms with E-state index in [1.807, 2.05) is 6.07 Å². The lowest BCUT2D eigenvalue weighted by atomic mass is 9.87. The lowest BCUT2D eigenvalue weighted by Gasteiger charge is -2.23. The molecular weight excluding hydrogens is 273 g/mol. The SMILES string of the molecule is O=C1C[C@@H](c2ccc(Cl)cc2Cl)c2cn[nH]c2N1. The fourth-order valence-corrected chi connectivity index (χ4v) is 2.75. The molecule has 0 spiro atoms. The number of hydrogen-bond donors (Lipinski definition) is 2. The maximum absolute atomic E-state index is 11.7. The van der Waals surface area contributed by atoms with Crippen LogP contribution in [0.3, 0.4) is 0 Å². The molecule has 2 N–H and O–H groups in total. The Balaban J connectivity index is 2.10. The predicted molar refractivity (Wildman–Crippen MR) is 70.1 cm³/mol. The maximum atomic E-state index is 11.7. The number of carbonyl (C=O) groups excluding carboxylic acids is 1. The number of aromatic nitrogens is 2. The van der Waals surface area contributed by atoms with Crippen molar-refractivity contribution < 1.29 is 4.79 Å². The average molecular weight is 282 g/mol. The summed E-state index contributed by atoms with van der Waals surface area (Å²) < 4.78 is 0. The molecule has 0 aliphatic carbocycles. The minimum Gasteiger partial charge on any atom is -0.311 e. The van der Waals surface area contributed by atoms with Gasteiger partial charge in [0.1, 0.15) is 5.82 Å². The predicted octanol–water partition coefficient (Wildman–Crippen LogP) is 3.19. The molecule has 1 amide bonds. The molecule has 1 aliphatic rings. The Hall–Kier alpha value is -1.52. The number of rotatable bonds is 1. The first-order valence-electron chi connectivity index (χ1n) is 5.43. The van der Waals surface area contributed by atoms with Crippen LogP contribution in [-0.4, -0.2) is 16.1 Å². The normalized spacial score (nSPS) is 18.3. The molecule has 3 rings (SSSR count). The Morgan fingerprint density at radius 3 is 2.89 bits per heavy atom. The van der Waals surface area contributed by atoms with Crippen molar-refractivity contribution in [1.29, 1.82) is 0 Å². The second-order valence-electron chi connectivity index (χ2n) is 4.17. The number of carbonyl (C=O) groups is 1. The van der Waals surface area contributed by atoms with Crippen LogP contribution in [-0.2, 0) is 4.79 Å². The minimum absolute atomic E-state index is 0.0530. The number of halogens is 2. The van der Waals surface area contributed by atoms with E-state index in [2.05, 4.69) is 15.5 Å². The molecule has 0 unspecified atom stereocenters. The molecule has 92 valence electrons. The van der Waals surface area contributed by atoms with E-state index in [4.69, 9.17) is 23.2 Å². The number of H-pyrrole nitrogens is 1. The molecule has 2 heterocycles. The summed E-state index contributed by atoms with van der Waals surface area (Å²) in [7, 11) is 0. The van der Waals surface area contributed by atoms with Gasteiger partial charge >= 0.3 is 0 Å². The molecule has 0 fully saturated rings. The van der Waals surface area contributed by atoms with E-state index in [1.165, 1.54) is 0 Å². The van der Waals surface area contributed by atoms with E-state index in [0.29, 0.717) is 22.3 Å². The first kappa shape index (κ1) is 11.6. The summed E-state index contributed by atoms with van der Waals surface area (Å²) in [5.74, 6) is 0.502. The van der Waals surface area contributed by atoms with Crippen LogP contribution >= 0.6 is 23.2 Å². The third-order valence-electron chi connectivity index (χ3n) is 3.04. The van der Waals surface area contributed by atoms with Gasteiger partial charge in [0.05, 0.1) is 6.20 Å². The second kappa shape index (κ2) is 4.30. The summed E-state index contributed by atoms with van der Waals surface area (Å²) in [6.07, 6.45) is 2.07. The quantitative estimate of drug-likeness (QED) is 0.843.